The van der Waals surface area contributed by atoms with E-state index in [-0.39, 0.29) is 0 Å². The first-order valence-corrected chi connectivity index (χ1v) is 16.7. The van der Waals surface area contributed by atoms with Gasteiger partial charge in [-0.05, 0) is 90.5 Å². The van der Waals surface area contributed by atoms with Gasteiger partial charge in [0.15, 0.2) is 0 Å². The molecule has 1 fully saturated rings. The van der Waals surface area contributed by atoms with Gasteiger partial charge in [0.2, 0.25) is 0 Å². The molecule has 0 heterocycles. The van der Waals surface area contributed by atoms with Crippen molar-refractivity contribution in [3.8, 4) is 11.1 Å². The molecule has 1 saturated carbocycles. The normalized spacial score (nSPS) is 21.8. The average molecular weight is 513 g/mol. The van der Waals surface area contributed by atoms with Crippen LogP contribution in [0.5, 0.6) is 0 Å². The van der Waals surface area contributed by atoms with Crippen LogP contribution in [0.2, 0.25) is 0 Å². The Kier molecular flexibility index (Phi) is 12.5. The molecule has 1 atom stereocenters. The maximum atomic E-state index is 2.55. The van der Waals surface area contributed by atoms with Gasteiger partial charge in [0.1, 0.15) is 0 Å². The second-order valence-electron chi connectivity index (χ2n) is 12.7. The Hall–Kier alpha value is -1.82. The summed E-state index contributed by atoms with van der Waals surface area (Å²) in [5.74, 6) is 2.69. The number of hydrogen-bond donors (Lipinski definition) is 0. The molecule has 0 saturated heterocycles. The number of hydrogen-bond acceptors (Lipinski definition) is 0. The molecule has 0 aromatic heterocycles. The van der Waals surface area contributed by atoms with E-state index in [0.29, 0.717) is 0 Å². The van der Waals surface area contributed by atoms with Crippen molar-refractivity contribution in [3.63, 3.8) is 0 Å². The number of unbranched alkanes of at least 4 members (excludes halogenated alkanes) is 8. The zero-order valence-electron chi connectivity index (χ0n) is 24.9. The zero-order chi connectivity index (χ0) is 26.4. The Balaban J connectivity index is 1.20. The molecule has 0 aliphatic heterocycles. The summed E-state index contributed by atoms with van der Waals surface area (Å²) in [4.78, 5) is 0. The van der Waals surface area contributed by atoms with Gasteiger partial charge in [-0.2, -0.15) is 0 Å². The van der Waals surface area contributed by atoms with Crippen LogP contribution in [0.15, 0.2) is 54.6 Å². The van der Waals surface area contributed by atoms with E-state index in [2.05, 4.69) is 68.5 Å². The quantitative estimate of drug-likeness (QED) is 0.208. The first kappa shape index (κ1) is 29.2. The standard InChI is InChI=1S/C38H56/c1-3-5-7-8-9-10-12-14-32-17-21-34(22-18-32)36-25-29-38(30-26-36)37-27-23-35(24-28-37)33-19-15-31(16-20-33)13-11-6-4-2/h21,23-33H,3-20,22H2,1-2H3/t31-,32?,33-. The largest absolute Gasteiger partial charge is 0.0804 e. The summed E-state index contributed by atoms with van der Waals surface area (Å²) in [6, 6.07) is 19.0. The molecule has 38 heavy (non-hydrogen) atoms. The fourth-order valence-electron chi connectivity index (χ4n) is 7.09. The molecule has 0 nitrogen and oxygen atoms in total. The molecule has 0 heteroatoms. The van der Waals surface area contributed by atoms with Crippen LogP contribution in [0, 0.1) is 11.8 Å². The van der Waals surface area contributed by atoms with Crippen molar-refractivity contribution in [2.75, 3.05) is 0 Å². The lowest BCUT2D eigenvalue weighted by Gasteiger charge is -2.29. The van der Waals surface area contributed by atoms with E-state index in [1.165, 1.54) is 139 Å². The first-order valence-electron chi connectivity index (χ1n) is 16.7. The Morgan fingerprint density at radius 2 is 1.05 bits per heavy atom. The number of benzene rings is 2. The summed E-state index contributed by atoms with van der Waals surface area (Å²) < 4.78 is 0. The van der Waals surface area contributed by atoms with Gasteiger partial charge in [-0.15, -0.1) is 0 Å². The summed E-state index contributed by atoms with van der Waals surface area (Å²) in [6.07, 6.45) is 29.2. The van der Waals surface area contributed by atoms with Crippen LogP contribution < -0.4 is 0 Å². The minimum absolute atomic E-state index is 0.779. The third-order valence-corrected chi connectivity index (χ3v) is 9.77. The fourth-order valence-corrected chi connectivity index (χ4v) is 7.09. The van der Waals surface area contributed by atoms with E-state index in [0.717, 1.165) is 17.8 Å². The zero-order valence-corrected chi connectivity index (χ0v) is 24.9. The lowest BCUT2D eigenvalue weighted by molar-refractivity contribution is 0.303. The van der Waals surface area contributed by atoms with Gasteiger partial charge in [0.25, 0.3) is 0 Å². The van der Waals surface area contributed by atoms with E-state index in [1.807, 2.05) is 0 Å². The summed E-state index contributed by atoms with van der Waals surface area (Å²) in [7, 11) is 0. The van der Waals surface area contributed by atoms with Gasteiger partial charge < -0.3 is 0 Å². The van der Waals surface area contributed by atoms with Crippen LogP contribution in [-0.2, 0) is 0 Å². The first-order chi connectivity index (χ1) is 18.8. The van der Waals surface area contributed by atoms with E-state index in [4.69, 9.17) is 0 Å². The van der Waals surface area contributed by atoms with E-state index in [1.54, 1.807) is 11.1 Å². The average Bonchev–Trinajstić information content (AvgIpc) is 2.98. The Bertz CT molecular complexity index is 923. The molecule has 2 aliphatic carbocycles. The molecule has 0 N–H and O–H groups in total. The maximum absolute atomic E-state index is 2.55. The summed E-state index contributed by atoms with van der Waals surface area (Å²) >= 11 is 0. The van der Waals surface area contributed by atoms with Gasteiger partial charge in [-0.1, -0.05) is 146 Å². The summed E-state index contributed by atoms with van der Waals surface area (Å²) in [5, 5.41) is 0. The van der Waals surface area contributed by atoms with E-state index < -0.39 is 0 Å². The minimum atomic E-state index is 0.779. The molecule has 2 aromatic carbocycles. The van der Waals surface area contributed by atoms with E-state index >= 15 is 0 Å². The third-order valence-electron chi connectivity index (χ3n) is 9.77. The SMILES string of the molecule is CCCCCCCCCC1CC=C(c2ccc(-c3ccc([C@H]4CC[C@H](CCCCC)CC4)cc3)cc2)CC1. The molecule has 0 radical (unpaired) electrons. The predicted molar refractivity (Wildman–Crippen MR) is 169 cm³/mol. The number of allylic oxidation sites excluding steroid dienone is 2. The number of rotatable bonds is 15. The monoisotopic (exact) mass is 512 g/mol. The third kappa shape index (κ3) is 9.14. The highest BCUT2D eigenvalue weighted by Gasteiger charge is 2.22. The Morgan fingerprint density at radius 1 is 0.526 bits per heavy atom. The van der Waals surface area contributed by atoms with Crippen molar-refractivity contribution < 1.29 is 0 Å². The molecule has 208 valence electrons. The van der Waals surface area contributed by atoms with Crippen molar-refractivity contribution >= 4 is 5.57 Å². The van der Waals surface area contributed by atoms with Gasteiger partial charge in [0.05, 0.1) is 0 Å². The van der Waals surface area contributed by atoms with Crippen LogP contribution in [-0.4, -0.2) is 0 Å². The minimum Gasteiger partial charge on any atom is -0.0804 e. The van der Waals surface area contributed by atoms with Gasteiger partial charge in [-0.25, -0.2) is 0 Å². The van der Waals surface area contributed by atoms with Crippen molar-refractivity contribution in [3.05, 3.63) is 65.7 Å². The van der Waals surface area contributed by atoms with Crippen molar-refractivity contribution in [2.24, 2.45) is 11.8 Å². The smallest absolute Gasteiger partial charge is 0.0162 e. The van der Waals surface area contributed by atoms with Crippen molar-refractivity contribution in [2.45, 2.75) is 142 Å². The predicted octanol–water partition coefficient (Wildman–Crippen LogP) is 12.5. The van der Waals surface area contributed by atoms with E-state index in [9.17, 15) is 0 Å². The van der Waals surface area contributed by atoms with Gasteiger partial charge >= 0.3 is 0 Å². The molecule has 0 bridgehead atoms. The summed E-state index contributed by atoms with van der Waals surface area (Å²) in [6.45, 7) is 4.62. The maximum Gasteiger partial charge on any atom is -0.0162 e. The molecule has 2 aliphatic rings. The second-order valence-corrected chi connectivity index (χ2v) is 12.7. The molecule has 2 aromatic rings. The topological polar surface area (TPSA) is 0 Å². The highest BCUT2D eigenvalue weighted by molar-refractivity contribution is 5.71. The van der Waals surface area contributed by atoms with Gasteiger partial charge in [-0.3, -0.25) is 0 Å². The molecular weight excluding hydrogens is 456 g/mol. The highest BCUT2D eigenvalue weighted by Crippen LogP contribution is 2.38. The fraction of sp³-hybridized carbons (Fsp3) is 0.632. The molecule has 4 rings (SSSR count). The van der Waals surface area contributed by atoms with Crippen LogP contribution in [0.4, 0.5) is 0 Å². The highest BCUT2D eigenvalue weighted by atomic mass is 14.3. The van der Waals surface area contributed by atoms with Gasteiger partial charge in [0, 0.05) is 0 Å². The van der Waals surface area contributed by atoms with Crippen molar-refractivity contribution in [1.82, 2.24) is 0 Å². The molecule has 0 amide bonds. The lowest BCUT2D eigenvalue weighted by atomic mass is 9.77. The lowest BCUT2D eigenvalue weighted by Crippen LogP contribution is -2.13. The molecule has 0 spiro atoms. The summed E-state index contributed by atoms with van der Waals surface area (Å²) in [5.41, 5.74) is 7.30. The Labute approximate surface area is 235 Å². The van der Waals surface area contributed by atoms with Crippen LogP contribution in [0.25, 0.3) is 16.7 Å². The van der Waals surface area contributed by atoms with Crippen LogP contribution >= 0.6 is 0 Å². The van der Waals surface area contributed by atoms with Crippen LogP contribution in [0.1, 0.15) is 153 Å². The molecule has 1 unspecified atom stereocenters. The second kappa shape index (κ2) is 16.3. The Morgan fingerprint density at radius 3 is 1.68 bits per heavy atom. The molecular formula is C38H56. The van der Waals surface area contributed by atoms with Crippen molar-refractivity contribution in [1.29, 1.82) is 0 Å². The van der Waals surface area contributed by atoms with Crippen LogP contribution in [0.3, 0.4) is 0 Å².